The summed E-state index contributed by atoms with van der Waals surface area (Å²) in [5, 5.41) is 22.4. The summed E-state index contributed by atoms with van der Waals surface area (Å²) < 4.78 is 1.72. The highest BCUT2D eigenvalue weighted by Crippen LogP contribution is 2.29. The van der Waals surface area contributed by atoms with Crippen LogP contribution in [0.25, 0.3) is 16.5 Å². The number of amides is 2. The SMILES string of the molecule is CC(C)(C)c1cc(NC(=O)Nc2ccccc2)n(-c2cc(CO)c3ccccc3c2)n1. The van der Waals surface area contributed by atoms with Gasteiger partial charge in [-0.2, -0.15) is 5.10 Å². The second-order valence-corrected chi connectivity index (χ2v) is 8.51. The molecule has 4 rings (SSSR count). The number of aliphatic hydroxyl groups is 1. The van der Waals surface area contributed by atoms with E-state index in [0.717, 1.165) is 27.7 Å². The molecule has 0 radical (unpaired) electrons. The lowest BCUT2D eigenvalue weighted by atomic mass is 9.92. The maximum atomic E-state index is 12.7. The van der Waals surface area contributed by atoms with Crippen LogP contribution in [-0.4, -0.2) is 20.9 Å². The van der Waals surface area contributed by atoms with Gasteiger partial charge in [-0.05, 0) is 40.6 Å². The minimum atomic E-state index is -0.351. The summed E-state index contributed by atoms with van der Waals surface area (Å²) in [5.41, 5.74) is 2.93. The van der Waals surface area contributed by atoms with E-state index < -0.39 is 0 Å². The molecule has 0 saturated carbocycles. The van der Waals surface area contributed by atoms with Gasteiger partial charge >= 0.3 is 6.03 Å². The molecule has 4 aromatic rings. The largest absolute Gasteiger partial charge is 0.392 e. The summed E-state index contributed by atoms with van der Waals surface area (Å²) in [4.78, 5) is 12.7. The van der Waals surface area contributed by atoms with Gasteiger partial charge < -0.3 is 10.4 Å². The molecule has 6 nitrogen and oxygen atoms in total. The van der Waals surface area contributed by atoms with Crippen LogP contribution < -0.4 is 10.6 Å². The molecule has 3 aromatic carbocycles. The molecule has 2 amide bonds. The normalized spacial score (nSPS) is 11.5. The zero-order valence-electron chi connectivity index (χ0n) is 17.9. The van der Waals surface area contributed by atoms with Crippen molar-refractivity contribution in [1.29, 1.82) is 0 Å². The number of carbonyl (C=O) groups excluding carboxylic acids is 1. The van der Waals surface area contributed by atoms with Crippen LogP contribution in [0.15, 0.2) is 72.8 Å². The Morgan fingerprint density at radius 2 is 1.68 bits per heavy atom. The lowest BCUT2D eigenvalue weighted by Gasteiger charge is -2.14. The minimum Gasteiger partial charge on any atom is -0.392 e. The first kappa shape index (κ1) is 20.6. The Kier molecular flexibility index (Phi) is 5.48. The van der Waals surface area contributed by atoms with Crippen LogP contribution >= 0.6 is 0 Å². The Labute approximate surface area is 181 Å². The van der Waals surface area contributed by atoms with Crippen LogP contribution in [0.3, 0.4) is 0 Å². The number of nitrogens with one attached hydrogen (secondary N) is 2. The number of nitrogens with zero attached hydrogens (tertiary/aromatic N) is 2. The van der Waals surface area contributed by atoms with Crippen molar-refractivity contribution in [2.45, 2.75) is 32.8 Å². The number of carbonyl (C=O) groups is 1. The van der Waals surface area contributed by atoms with Crippen LogP contribution in [0.2, 0.25) is 0 Å². The molecule has 0 saturated heterocycles. The van der Waals surface area contributed by atoms with Crippen LogP contribution in [0.1, 0.15) is 32.0 Å². The molecule has 1 aromatic heterocycles. The number of rotatable bonds is 4. The maximum absolute atomic E-state index is 12.7. The topological polar surface area (TPSA) is 79.2 Å². The van der Waals surface area contributed by atoms with Crippen molar-refractivity contribution in [3.8, 4) is 5.69 Å². The smallest absolute Gasteiger partial charge is 0.324 e. The first-order valence-electron chi connectivity index (χ1n) is 10.2. The van der Waals surface area contributed by atoms with E-state index >= 15 is 0 Å². The highest BCUT2D eigenvalue weighted by Gasteiger charge is 2.22. The Balaban J connectivity index is 1.76. The molecule has 1 heterocycles. The average Bonchev–Trinajstić information content (AvgIpc) is 3.17. The van der Waals surface area contributed by atoms with Gasteiger partial charge in [-0.25, -0.2) is 9.48 Å². The number of para-hydroxylation sites is 1. The van der Waals surface area contributed by atoms with E-state index in [-0.39, 0.29) is 18.1 Å². The number of hydrogen-bond acceptors (Lipinski definition) is 3. The monoisotopic (exact) mass is 414 g/mol. The lowest BCUT2D eigenvalue weighted by molar-refractivity contribution is 0.262. The van der Waals surface area contributed by atoms with Crippen molar-refractivity contribution in [3.05, 3.63) is 84.1 Å². The summed E-state index contributed by atoms with van der Waals surface area (Å²) in [5.74, 6) is 0.553. The summed E-state index contributed by atoms with van der Waals surface area (Å²) >= 11 is 0. The predicted molar refractivity (Wildman–Crippen MR) is 125 cm³/mol. The van der Waals surface area contributed by atoms with Crippen molar-refractivity contribution in [1.82, 2.24) is 9.78 Å². The Bertz CT molecular complexity index is 1220. The van der Waals surface area contributed by atoms with Crippen LogP contribution in [0.5, 0.6) is 0 Å². The third-order valence-corrected chi connectivity index (χ3v) is 5.10. The van der Waals surface area contributed by atoms with E-state index in [1.807, 2.05) is 72.8 Å². The third kappa shape index (κ3) is 4.44. The fourth-order valence-corrected chi connectivity index (χ4v) is 3.46. The zero-order valence-corrected chi connectivity index (χ0v) is 17.9. The number of aromatic nitrogens is 2. The van der Waals surface area contributed by atoms with Gasteiger partial charge in [0.2, 0.25) is 0 Å². The van der Waals surface area contributed by atoms with Gasteiger partial charge in [0.25, 0.3) is 0 Å². The van der Waals surface area contributed by atoms with Crippen molar-refractivity contribution >= 4 is 28.3 Å². The van der Waals surface area contributed by atoms with Crippen molar-refractivity contribution < 1.29 is 9.90 Å². The number of fused-ring (bicyclic) bond motifs is 1. The van der Waals surface area contributed by atoms with E-state index in [1.54, 1.807) is 4.68 Å². The van der Waals surface area contributed by atoms with Gasteiger partial charge in [0, 0.05) is 17.2 Å². The summed E-state index contributed by atoms with van der Waals surface area (Å²) in [6, 6.07) is 22.6. The number of anilines is 2. The minimum absolute atomic E-state index is 0.0843. The zero-order chi connectivity index (χ0) is 22.0. The predicted octanol–water partition coefficient (Wildman–Crippen LogP) is 5.46. The fraction of sp³-hybridized carbons (Fsp3) is 0.200. The number of benzene rings is 3. The molecule has 6 heteroatoms. The van der Waals surface area contributed by atoms with Crippen LogP contribution in [-0.2, 0) is 12.0 Å². The quantitative estimate of drug-likeness (QED) is 0.415. The number of urea groups is 1. The molecule has 0 bridgehead atoms. The average molecular weight is 415 g/mol. The van der Waals surface area contributed by atoms with E-state index in [1.165, 1.54) is 0 Å². The van der Waals surface area contributed by atoms with Gasteiger partial charge in [0.1, 0.15) is 5.82 Å². The molecule has 0 aliphatic carbocycles. The van der Waals surface area contributed by atoms with Gasteiger partial charge in [-0.3, -0.25) is 5.32 Å². The van der Waals surface area contributed by atoms with Crippen LogP contribution in [0, 0.1) is 0 Å². The van der Waals surface area contributed by atoms with Gasteiger partial charge in [-0.1, -0.05) is 63.2 Å². The molecule has 0 atom stereocenters. The Hall–Kier alpha value is -3.64. The standard InChI is InChI=1S/C25H26N4O2/c1-25(2,3)22-15-23(27-24(31)26-19-10-5-4-6-11-19)29(28-22)20-13-17-9-7-8-12-21(17)18(14-20)16-30/h4-15,30H,16H2,1-3H3,(H2,26,27,31). The molecule has 3 N–H and O–H groups in total. The molecule has 0 fully saturated rings. The third-order valence-electron chi connectivity index (χ3n) is 5.10. The first-order chi connectivity index (χ1) is 14.8. The molecule has 0 aliphatic rings. The van der Waals surface area contributed by atoms with Gasteiger partial charge in [0.05, 0.1) is 18.0 Å². The number of aliphatic hydroxyl groups excluding tert-OH is 1. The highest BCUT2D eigenvalue weighted by atomic mass is 16.3. The highest BCUT2D eigenvalue weighted by molar-refractivity contribution is 5.99. The second-order valence-electron chi connectivity index (χ2n) is 8.51. The lowest BCUT2D eigenvalue weighted by Crippen LogP contribution is -2.21. The molecular weight excluding hydrogens is 388 g/mol. The molecular formula is C25H26N4O2. The van der Waals surface area contributed by atoms with E-state index in [2.05, 4.69) is 31.4 Å². The van der Waals surface area contributed by atoms with E-state index in [9.17, 15) is 9.90 Å². The van der Waals surface area contributed by atoms with Gasteiger partial charge in [-0.15, -0.1) is 0 Å². The Morgan fingerprint density at radius 1 is 0.968 bits per heavy atom. The second kappa shape index (κ2) is 8.24. The molecule has 0 spiro atoms. The summed E-state index contributed by atoms with van der Waals surface area (Å²) in [6.45, 7) is 6.14. The van der Waals surface area contributed by atoms with Crippen molar-refractivity contribution in [3.63, 3.8) is 0 Å². The summed E-state index contributed by atoms with van der Waals surface area (Å²) in [6.07, 6.45) is 0. The fourth-order valence-electron chi connectivity index (χ4n) is 3.46. The van der Waals surface area contributed by atoms with E-state index in [4.69, 9.17) is 5.10 Å². The Morgan fingerprint density at radius 3 is 2.39 bits per heavy atom. The van der Waals surface area contributed by atoms with Crippen LogP contribution in [0.4, 0.5) is 16.3 Å². The molecule has 31 heavy (non-hydrogen) atoms. The summed E-state index contributed by atoms with van der Waals surface area (Å²) in [7, 11) is 0. The number of hydrogen-bond donors (Lipinski definition) is 3. The molecule has 0 unspecified atom stereocenters. The molecule has 0 aliphatic heterocycles. The molecule has 158 valence electrons. The maximum Gasteiger partial charge on any atom is 0.324 e. The van der Waals surface area contributed by atoms with Crippen molar-refractivity contribution in [2.24, 2.45) is 0 Å². The van der Waals surface area contributed by atoms with E-state index in [0.29, 0.717) is 11.5 Å². The first-order valence-corrected chi connectivity index (χ1v) is 10.2. The van der Waals surface area contributed by atoms with Crippen molar-refractivity contribution in [2.75, 3.05) is 10.6 Å². The van der Waals surface area contributed by atoms with Gasteiger partial charge in [0.15, 0.2) is 0 Å².